The van der Waals surface area contributed by atoms with Crippen molar-refractivity contribution in [1.82, 2.24) is 9.97 Å². The maximum atomic E-state index is 9.55. The summed E-state index contributed by atoms with van der Waals surface area (Å²) >= 11 is 0. The number of phenolic OH excluding ortho intramolecular Hbond substituents is 1. The molecule has 3 heteroatoms. The van der Waals surface area contributed by atoms with Gasteiger partial charge in [-0.25, -0.2) is 4.98 Å². The highest BCUT2D eigenvalue weighted by Gasteiger charge is 2.05. The van der Waals surface area contributed by atoms with Crippen LogP contribution >= 0.6 is 0 Å². The number of benzene rings is 1. The first-order valence-electron chi connectivity index (χ1n) is 4.48. The summed E-state index contributed by atoms with van der Waals surface area (Å²) in [4.78, 5) is 7.20. The van der Waals surface area contributed by atoms with Crippen molar-refractivity contribution >= 4 is 0 Å². The van der Waals surface area contributed by atoms with Crippen molar-refractivity contribution in [1.29, 1.82) is 0 Å². The summed E-state index contributed by atoms with van der Waals surface area (Å²) < 4.78 is 0. The van der Waals surface area contributed by atoms with E-state index in [4.69, 9.17) is 0 Å². The van der Waals surface area contributed by atoms with Gasteiger partial charge in [0.1, 0.15) is 5.75 Å². The van der Waals surface area contributed by atoms with E-state index in [9.17, 15) is 5.11 Å². The SMILES string of the molecule is Cc1ccc(-c2nc[nH]c2C)cc1O. The van der Waals surface area contributed by atoms with E-state index in [1.807, 2.05) is 26.0 Å². The first kappa shape index (κ1) is 8.81. The zero-order valence-corrected chi connectivity index (χ0v) is 8.20. The second-order valence-electron chi connectivity index (χ2n) is 3.38. The van der Waals surface area contributed by atoms with E-state index in [2.05, 4.69) is 9.97 Å². The largest absolute Gasteiger partial charge is 0.508 e. The molecule has 3 nitrogen and oxygen atoms in total. The number of aryl methyl sites for hydroxylation is 2. The van der Waals surface area contributed by atoms with Crippen LogP contribution in [0.25, 0.3) is 11.3 Å². The van der Waals surface area contributed by atoms with Gasteiger partial charge in [0.15, 0.2) is 0 Å². The average molecular weight is 188 g/mol. The van der Waals surface area contributed by atoms with E-state index in [0.717, 1.165) is 22.5 Å². The number of phenols is 1. The van der Waals surface area contributed by atoms with Crippen molar-refractivity contribution in [3.05, 3.63) is 35.8 Å². The highest BCUT2D eigenvalue weighted by atomic mass is 16.3. The van der Waals surface area contributed by atoms with Gasteiger partial charge in [-0.2, -0.15) is 0 Å². The van der Waals surface area contributed by atoms with Gasteiger partial charge < -0.3 is 10.1 Å². The van der Waals surface area contributed by atoms with Crippen LogP contribution in [0.4, 0.5) is 0 Å². The number of nitrogens with one attached hydrogen (secondary N) is 1. The van der Waals surface area contributed by atoms with Crippen molar-refractivity contribution in [2.75, 3.05) is 0 Å². The number of imidazole rings is 1. The Hall–Kier alpha value is -1.77. The summed E-state index contributed by atoms with van der Waals surface area (Å²) in [5, 5.41) is 9.55. The van der Waals surface area contributed by atoms with Gasteiger partial charge in [-0.3, -0.25) is 0 Å². The van der Waals surface area contributed by atoms with E-state index in [0.29, 0.717) is 5.75 Å². The van der Waals surface area contributed by atoms with Gasteiger partial charge in [-0.1, -0.05) is 12.1 Å². The molecule has 0 bridgehead atoms. The molecular weight excluding hydrogens is 176 g/mol. The summed E-state index contributed by atoms with van der Waals surface area (Å²) in [6.07, 6.45) is 1.65. The molecule has 0 aliphatic carbocycles. The molecule has 2 rings (SSSR count). The Bertz CT molecular complexity index is 460. The summed E-state index contributed by atoms with van der Waals surface area (Å²) in [6.45, 7) is 3.83. The van der Waals surface area contributed by atoms with Crippen LogP contribution in [-0.2, 0) is 0 Å². The number of aromatic nitrogens is 2. The van der Waals surface area contributed by atoms with Crippen molar-refractivity contribution in [3.8, 4) is 17.0 Å². The van der Waals surface area contributed by atoms with Crippen molar-refractivity contribution in [3.63, 3.8) is 0 Å². The molecule has 72 valence electrons. The highest BCUT2D eigenvalue weighted by molar-refractivity contribution is 5.64. The van der Waals surface area contributed by atoms with Crippen LogP contribution in [0.15, 0.2) is 24.5 Å². The summed E-state index contributed by atoms with van der Waals surface area (Å²) in [5.74, 6) is 0.310. The third-order valence-electron chi connectivity index (χ3n) is 2.31. The molecule has 0 atom stereocenters. The lowest BCUT2D eigenvalue weighted by molar-refractivity contribution is 0.471. The van der Waals surface area contributed by atoms with Gasteiger partial charge in [-0.15, -0.1) is 0 Å². The molecule has 0 saturated heterocycles. The fraction of sp³-hybridized carbons (Fsp3) is 0.182. The quantitative estimate of drug-likeness (QED) is 0.722. The molecule has 0 fully saturated rings. The Kier molecular flexibility index (Phi) is 2.00. The number of rotatable bonds is 1. The third-order valence-corrected chi connectivity index (χ3v) is 2.31. The Morgan fingerprint density at radius 3 is 2.64 bits per heavy atom. The Morgan fingerprint density at radius 2 is 2.07 bits per heavy atom. The van der Waals surface area contributed by atoms with Gasteiger partial charge >= 0.3 is 0 Å². The topological polar surface area (TPSA) is 48.9 Å². The highest BCUT2D eigenvalue weighted by Crippen LogP contribution is 2.25. The number of nitrogens with zero attached hydrogens (tertiary/aromatic N) is 1. The first-order valence-corrected chi connectivity index (χ1v) is 4.48. The van der Waals surface area contributed by atoms with Crippen LogP contribution < -0.4 is 0 Å². The Labute approximate surface area is 82.4 Å². The number of H-pyrrole nitrogens is 1. The minimum absolute atomic E-state index is 0.310. The number of aromatic hydroxyl groups is 1. The number of hydrogen-bond acceptors (Lipinski definition) is 2. The smallest absolute Gasteiger partial charge is 0.119 e. The first-order chi connectivity index (χ1) is 6.68. The van der Waals surface area contributed by atoms with Crippen LogP contribution in [0.1, 0.15) is 11.3 Å². The van der Waals surface area contributed by atoms with Crippen LogP contribution in [0, 0.1) is 13.8 Å². The van der Waals surface area contributed by atoms with Crippen LogP contribution in [0.3, 0.4) is 0 Å². The van der Waals surface area contributed by atoms with Gasteiger partial charge in [-0.05, 0) is 25.5 Å². The predicted octanol–water partition coefficient (Wildman–Crippen LogP) is 2.40. The summed E-state index contributed by atoms with van der Waals surface area (Å²) in [6, 6.07) is 5.58. The Morgan fingerprint density at radius 1 is 1.29 bits per heavy atom. The molecule has 0 spiro atoms. The average Bonchev–Trinajstić information content (AvgIpc) is 2.57. The summed E-state index contributed by atoms with van der Waals surface area (Å²) in [7, 11) is 0. The lowest BCUT2D eigenvalue weighted by Gasteiger charge is -2.02. The van der Waals surface area contributed by atoms with E-state index in [1.54, 1.807) is 12.4 Å². The molecular formula is C11H12N2O. The van der Waals surface area contributed by atoms with Crippen LogP contribution in [0.2, 0.25) is 0 Å². The minimum Gasteiger partial charge on any atom is -0.508 e. The second kappa shape index (κ2) is 3.18. The van der Waals surface area contributed by atoms with Gasteiger partial charge in [0.05, 0.1) is 12.0 Å². The zero-order chi connectivity index (χ0) is 10.1. The van der Waals surface area contributed by atoms with Crippen molar-refractivity contribution in [2.24, 2.45) is 0 Å². The molecule has 0 saturated carbocycles. The molecule has 2 N–H and O–H groups in total. The Balaban J connectivity index is 2.53. The summed E-state index contributed by atoms with van der Waals surface area (Å²) in [5.41, 5.74) is 3.71. The molecule has 2 aromatic rings. The van der Waals surface area contributed by atoms with E-state index < -0.39 is 0 Å². The second-order valence-corrected chi connectivity index (χ2v) is 3.38. The zero-order valence-electron chi connectivity index (χ0n) is 8.20. The molecule has 1 aromatic heterocycles. The van der Waals surface area contributed by atoms with Gasteiger partial charge in [0.25, 0.3) is 0 Å². The lowest BCUT2D eigenvalue weighted by Crippen LogP contribution is -1.82. The van der Waals surface area contributed by atoms with E-state index >= 15 is 0 Å². The molecule has 14 heavy (non-hydrogen) atoms. The van der Waals surface area contributed by atoms with Crippen LogP contribution in [0.5, 0.6) is 5.75 Å². The predicted molar refractivity (Wildman–Crippen MR) is 55.2 cm³/mol. The van der Waals surface area contributed by atoms with Gasteiger partial charge in [0.2, 0.25) is 0 Å². The normalized spacial score (nSPS) is 10.4. The molecule has 0 unspecified atom stereocenters. The molecule has 0 aliphatic heterocycles. The third kappa shape index (κ3) is 1.37. The number of hydrogen-bond donors (Lipinski definition) is 2. The maximum Gasteiger partial charge on any atom is 0.119 e. The fourth-order valence-corrected chi connectivity index (χ4v) is 1.41. The lowest BCUT2D eigenvalue weighted by atomic mass is 10.1. The molecule has 0 amide bonds. The van der Waals surface area contributed by atoms with Crippen molar-refractivity contribution < 1.29 is 5.11 Å². The van der Waals surface area contributed by atoms with E-state index in [-0.39, 0.29) is 0 Å². The molecule has 1 heterocycles. The van der Waals surface area contributed by atoms with Crippen molar-refractivity contribution in [2.45, 2.75) is 13.8 Å². The molecule has 1 aromatic carbocycles. The van der Waals surface area contributed by atoms with E-state index in [1.165, 1.54) is 0 Å². The molecule has 0 radical (unpaired) electrons. The minimum atomic E-state index is 0.310. The van der Waals surface area contributed by atoms with Gasteiger partial charge in [0, 0.05) is 11.3 Å². The standard InChI is InChI=1S/C11H12N2O/c1-7-3-4-9(5-10(7)14)11-8(2)12-6-13-11/h3-6,14H,1-2H3,(H,12,13). The monoisotopic (exact) mass is 188 g/mol. The fourth-order valence-electron chi connectivity index (χ4n) is 1.41. The maximum absolute atomic E-state index is 9.55. The van der Waals surface area contributed by atoms with Crippen LogP contribution in [-0.4, -0.2) is 15.1 Å². The number of aromatic amines is 1. The molecule has 0 aliphatic rings.